The van der Waals surface area contributed by atoms with Crippen LogP contribution in [0.2, 0.25) is 0 Å². The third-order valence-electron chi connectivity index (χ3n) is 2.70. The molecule has 0 N–H and O–H groups in total. The van der Waals surface area contributed by atoms with Crippen molar-refractivity contribution in [2.45, 2.75) is 5.38 Å². The van der Waals surface area contributed by atoms with Crippen LogP contribution in [0.1, 0.15) is 15.8 Å². The van der Waals surface area contributed by atoms with Gasteiger partial charge in [0.1, 0.15) is 0 Å². The molecule has 3 aromatic rings. The molecular weight excluding hydrogens is 416 g/mol. The SMILES string of the molecule is ClC(c1cc(Br)c(Br)s1)c1csc2ccccc12. The van der Waals surface area contributed by atoms with Crippen LogP contribution in [0.25, 0.3) is 10.1 Å². The molecule has 2 aromatic heterocycles. The molecule has 0 saturated carbocycles. The van der Waals surface area contributed by atoms with E-state index in [0.29, 0.717) is 0 Å². The van der Waals surface area contributed by atoms with Gasteiger partial charge in [-0.1, -0.05) is 18.2 Å². The molecule has 2 heterocycles. The fraction of sp³-hybridized carbons (Fsp3) is 0.0769. The van der Waals surface area contributed by atoms with Crippen LogP contribution in [0.3, 0.4) is 0 Å². The number of hydrogen-bond donors (Lipinski definition) is 0. The lowest BCUT2D eigenvalue weighted by Crippen LogP contribution is -1.87. The third-order valence-corrected chi connectivity index (χ3v) is 7.60. The predicted octanol–water partition coefficient (Wildman–Crippen LogP) is 6.82. The van der Waals surface area contributed by atoms with Gasteiger partial charge < -0.3 is 0 Å². The number of halogens is 3. The van der Waals surface area contributed by atoms with Crippen molar-refractivity contribution in [2.75, 3.05) is 0 Å². The van der Waals surface area contributed by atoms with Crippen molar-refractivity contribution >= 4 is 76.2 Å². The Morgan fingerprint density at radius 2 is 1.94 bits per heavy atom. The van der Waals surface area contributed by atoms with Gasteiger partial charge in [-0.25, -0.2) is 0 Å². The van der Waals surface area contributed by atoms with Gasteiger partial charge in [0.05, 0.1) is 9.16 Å². The Hall–Kier alpha value is 0.130. The summed E-state index contributed by atoms with van der Waals surface area (Å²) in [5, 5.41) is 3.32. The average molecular weight is 423 g/mol. The summed E-state index contributed by atoms with van der Waals surface area (Å²) in [5.74, 6) is 0. The summed E-state index contributed by atoms with van der Waals surface area (Å²) >= 11 is 17.0. The Morgan fingerprint density at radius 1 is 1.17 bits per heavy atom. The van der Waals surface area contributed by atoms with Crippen molar-refractivity contribution in [3.8, 4) is 0 Å². The van der Waals surface area contributed by atoms with Crippen molar-refractivity contribution in [1.82, 2.24) is 0 Å². The molecule has 18 heavy (non-hydrogen) atoms. The Bertz CT molecular complexity index is 682. The van der Waals surface area contributed by atoms with Gasteiger partial charge in [0.15, 0.2) is 0 Å². The first-order chi connectivity index (χ1) is 8.66. The van der Waals surface area contributed by atoms with E-state index in [-0.39, 0.29) is 5.38 Å². The molecule has 1 aromatic carbocycles. The van der Waals surface area contributed by atoms with E-state index in [1.165, 1.54) is 15.6 Å². The fourth-order valence-corrected chi connectivity index (χ4v) is 5.36. The number of benzene rings is 1. The highest BCUT2D eigenvalue weighted by Crippen LogP contribution is 2.43. The Labute approximate surface area is 135 Å². The first-order valence-electron chi connectivity index (χ1n) is 5.21. The Kier molecular flexibility index (Phi) is 3.83. The van der Waals surface area contributed by atoms with Gasteiger partial charge in [0.2, 0.25) is 0 Å². The van der Waals surface area contributed by atoms with E-state index >= 15 is 0 Å². The van der Waals surface area contributed by atoms with E-state index in [2.05, 4.69) is 67.6 Å². The van der Waals surface area contributed by atoms with E-state index in [1.807, 2.05) is 0 Å². The van der Waals surface area contributed by atoms with Crippen molar-refractivity contribution < 1.29 is 0 Å². The highest BCUT2D eigenvalue weighted by molar-refractivity contribution is 9.13. The second-order valence-corrected chi connectivity index (χ2v) is 8.42. The smallest absolute Gasteiger partial charge is 0.0942 e. The molecular formula is C13H7Br2ClS2. The molecule has 0 aliphatic rings. The quantitative estimate of drug-likeness (QED) is 0.398. The number of rotatable bonds is 2. The Balaban J connectivity index is 2.09. The molecule has 0 spiro atoms. The second-order valence-electron chi connectivity index (χ2n) is 3.82. The highest BCUT2D eigenvalue weighted by Gasteiger charge is 2.18. The second kappa shape index (κ2) is 5.25. The summed E-state index contributed by atoms with van der Waals surface area (Å²) in [6.07, 6.45) is 0. The fourth-order valence-electron chi connectivity index (χ4n) is 1.84. The average Bonchev–Trinajstić information content (AvgIpc) is 2.93. The maximum Gasteiger partial charge on any atom is 0.0942 e. The van der Waals surface area contributed by atoms with E-state index in [1.54, 1.807) is 22.7 Å². The topological polar surface area (TPSA) is 0 Å². The minimum absolute atomic E-state index is 0.0891. The largest absolute Gasteiger partial charge is 0.143 e. The van der Waals surface area contributed by atoms with E-state index < -0.39 is 0 Å². The molecule has 0 fully saturated rings. The summed E-state index contributed by atoms with van der Waals surface area (Å²) in [4.78, 5) is 1.15. The van der Waals surface area contributed by atoms with Gasteiger partial charge in [-0.05, 0) is 60.3 Å². The molecule has 0 bridgehead atoms. The standard InChI is InChI=1S/C13H7Br2ClS2/c14-9-5-11(18-13(9)15)12(16)8-6-17-10-4-2-1-3-7(8)10/h1-6,12H. The van der Waals surface area contributed by atoms with Gasteiger partial charge in [0, 0.05) is 14.0 Å². The lowest BCUT2D eigenvalue weighted by atomic mass is 10.1. The normalized spacial score (nSPS) is 13.1. The zero-order chi connectivity index (χ0) is 12.7. The molecule has 0 saturated heterocycles. The summed E-state index contributed by atoms with van der Waals surface area (Å²) < 4.78 is 3.43. The lowest BCUT2D eigenvalue weighted by molar-refractivity contribution is 1.22. The van der Waals surface area contributed by atoms with Crippen molar-refractivity contribution in [3.63, 3.8) is 0 Å². The van der Waals surface area contributed by atoms with Crippen LogP contribution < -0.4 is 0 Å². The van der Waals surface area contributed by atoms with Crippen LogP contribution in [0.5, 0.6) is 0 Å². The lowest BCUT2D eigenvalue weighted by Gasteiger charge is -2.05. The molecule has 0 aliphatic carbocycles. The number of thiophene rings is 2. The molecule has 3 rings (SSSR count). The minimum atomic E-state index is -0.0891. The van der Waals surface area contributed by atoms with Gasteiger partial charge in [-0.2, -0.15) is 0 Å². The van der Waals surface area contributed by atoms with E-state index in [9.17, 15) is 0 Å². The first kappa shape index (κ1) is 13.1. The molecule has 92 valence electrons. The van der Waals surface area contributed by atoms with Crippen LogP contribution in [0, 0.1) is 0 Å². The van der Waals surface area contributed by atoms with Crippen molar-refractivity contribution in [2.24, 2.45) is 0 Å². The molecule has 1 unspecified atom stereocenters. The number of alkyl halides is 1. The van der Waals surface area contributed by atoms with Crippen molar-refractivity contribution in [3.05, 3.63) is 54.4 Å². The summed E-state index contributed by atoms with van der Waals surface area (Å²) in [6.45, 7) is 0. The Morgan fingerprint density at radius 3 is 2.67 bits per heavy atom. The van der Waals surface area contributed by atoms with Gasteiger partial charge in [-0.15, -0.1) is 34.3 Å². The summed E-state index contributed by atoms with van der Waals surface area (Å²) in [6, 6.07) is 10.5. The third kappa shape index (κ3) is 2.29. The summed E-state index contributed by atoms with van der Waals surface area (Å²) in [5.41, 5.74) is 1.19. The molecule has 0 amide bonds. The van der Waals surface area contributed by atoms with Gasteiger partial charge >= 0.3 is 0 Å². The van der Waals surface area contributed by atoms with E-state index in [4.69, 9.17) is 11.6 Å². The van der Waals surface area contributed by atoms with Gasteiger partial charge in [-0.3, -0.25) is 0 Å². The van der Waals surface area contributed by atoms with Crippen LogP contribution in [0.4, 0.5) is 0 Å². The van der Waals surface area contributed by atoms with Crippen LogP contribution >= 0.6 is 66.1 Å². The summed E-state index contributed by atoms with van der Waals surface area (Å²) in [7, 11) is 0. The molecule has 5 heteroatoms. The van der Waals surface area contributed by atoms with Crippen molar-refractivity contribution in [1.29, 1.82) is 0 Å². The molecule has 0 aliphatic heterocycles. The minimum Gasteiger partial charge on any atom is -0.143 e. The number of hydrogen-bond acceptors (Lipinski definition) is 2. The van der Waals surface area contributed by atoms with Crippen LogP contribution in [-0.4, -0.2) is 0 Å². The van der Waals surface area contributed by atoms with Crippen LogP contribution in [0.15, 0.2) is 44.0 Å². The van der Waals surface area contributed by atoms with Crippen LogP contribution in [-0.2, 0) is 0 Å². The van der Waals surface area contributed by atoms with E-state index in [0.717, 1.165) is 13.1 Å². The highest BCUT2D eigenvalue weighted by atomic mass is 79.9. The zero-order valence-electron chi connectivity index (χ0n) is 8.99. The monoisotopic (exact) mass is 420 g/mol. The number of fused-ring (bicyclic) bond motifs is 1. The van der Waals surface area contributed by atoms with Gasteiger partial charge in [0.25, 0.3) is 0 Å². The molecule has 0 nitrogen and oxygen atoms in total. The maximum atomic E-state index is 6.61. The first-order valence-corrected chi connectivity index (χ1v) is 8.93. The molecule has 1 atom stereocenters. The predicted molar refractivity (Wildman–Crippen MR) is 89.2 cm³/mol. The maximum absolute atomic E-state index is 6.61. The zero-order valence-corrected chi connectivity index (χ0v) is 14.6. The molecule has 0 radical (unpaired) electrons.